The molecule has 10 heteroatoms. The van der Waals surface area contributed by atoms with Crippen LogP contribution in [0.1, 0.15) is 48.7 Å². The van der Waals surface area contributed by atoms with Gasteiger partial charge in [-0.05, 0) is 42.4 Å². The van der Waals surface area contributed by atoms with Gasteiger partial charge in [0.25, 0.3) is 5.91 Å². The van der Waals surface area contributed by atoms with Gasteiger partial charge in [-0.1, -0.05) is 79.6 Å². The lowest BCUT2D eigenvalue weighted by atomic mass is 10.0. The number of anilines is 1. The fraction of sp³-hybridized carbons (Fsp3) is 0.290. The number of rotatable bonds is 7. The first kappa shape index (κ1) is 27.9. The van der Waals surface area contributed by atoms with Gasteiger partial charge in [0.05, 0.1) is 17.7 Å². The van der Waals surface area contributed by atoms with Crippen LogP contribution in [0.25, 0.3) is 4.96 Å². The molecule has 4 aromatic rings. The minimum Gasteiger partial charge on any atom is -0.449 e. The van der Waals surface area contributed by atoms with Crippen molar-refractivity contribution in [3.05, 3.63) is 89.1 Å². The van der Waals surface area contributed by atoms with E-state index in [1.54, 1.807) is 30.5 Å². The molecule has 5 rings (SSSR count). The van der Waals surface area contributed by atoms with Gasteiger partial charge in [0.1, 0.15) is 12.1 Å². The second kappa shape index (κ2) is 12.7. The van der Waals surface area contributed by atoms with Gasteiger partial charge in [-0.15, -0.1) is 0 Å². The smallest absolute Gasteiger partial charge is 0.408 e. The van der Waals surface area contributed by atoms with E-state index in [4.69, 9.17) is 4.74 Å². The zero-order chi connectivity index (χ0) is 28.8. The Bertz CT molecular complexity index is 1550. The zero-order valence-corrected chi connectivity index (χ0v) is 23.7. The molecule has 2 atom stereocenters. The average Bonchev–Trinajstić information content (AvgIpc) is 3.70. The largest absolute Gasteiger partial charge is 0.449 e. The highest BCUT2D eigenvalue weighted by Gasteiger charge is 2.38. The third kappa shape index (κ3) is 6.94. The molecule has 0 unspecified atom stereocenters. The molecule has 210 valence electrons. The number of imidazole rings is 1. The molecule has 1 fully saturated rings. The molecule has 0 saturated carbocycles. The van der Waals surface area contributed by atoms with E-state index in [1.807, 2.05) is 60.8 Å². The Morgan fingerprint density at radius 3 is 2.49 bits per heavy atom. The Morgan fingerprint density at radius 1 is 1.05 bits per heavy atom. The monoisotopic (exact) mass is 569 g/mol. The van der Waals surface area contributed by atoms with Gasteiger partial charge in [-0.2, -0.15) is 0 Å². The molecule has 1 aliphatic heterocycles. The molecule has 41 heavy (non-hydrogen) atoms. The first-order valence-corrected chi connectivity index (χ1v) is 14.3. The summed E-state index contributed by atoms with van der Waals surface area (Å²) in [5, 5.41) is 5.57. The van der Waals surface area contributed by atoms with Gasteiger partial charge in [-0.25, -0.2) is 9.78 Å². The highest BCUT2D eigenvalue weighted by molar-refractivity contribution is 7.17. The van der Waals surface area contributed by atoms with Crippen LogP contribution in [0.2, 0.25) is 0 Å². The summed E-state index contributed by atoms with van der Waals surface area (Å²) in [7, 11) is 0. The maximum absolute atomic E-state index is 13.7. The average molecular weight is 570 g/mol. The molecular weight excluding hydrogens is 538 g/mol. The van der Waals surface area contributed by atoms with Crippen molar-refractivity contribution >= 4 is 40.0 Å². The summed E-state index contributed by atoms with van der Waals surface area (Å²) < 4.78 is 7.10. The fourth-order valence-electron chi connectivity index (χ4n) is 4.58. The molecule has 0 aliphatic carbocycles. The van der Waals surface area contributed by atoms with Gasteiger partial charge in [-0.3, -0.25) is 14.0 Å². The van der Waals surface area contributed by atoms with Gasteiger partial charge in [0.2, 0.25) is 5.91 Å². The van der Waals surface area contributed by atoms with Crippen LogP contribution in [0.15, 0.2) is 73.1 Å². The summed E-state index contributed by atoms with van der Waals surface area (Å²) >= 11 is 1.43. The molecule has 9 nitrogen and oxygen atoms in total. The van der Waals surface area contributed by atoms with E-state index < -0.39 is 18.2 Å². The normalized spacial score (nSPS) is 15.3. The van der Waals surface area contributed by atoms with E-state index >= 15 is 0 Å². The molecule has 0 bridgehead atoms. The second-order valence-corrected chi connectivity index (χ2v) is 11.2. The number of hydrogen-bond acceptors (Lipinski definition) is 6. The first-order chi connectivity index (χ1) is 19.9. The topological polar surface area (TPSA) is 105 Å². The van der Waals surface area contributed by atoms with E-state index in [1.165, 1.54) is 16.2 Å². The number of benzene rings is 2. The number of carbonyl (C=O) groups excluding carboxylic acids is 3. The molecule has 3 amide bonds. The molecule has 1 aliphatic rings. The minimum absolute atomic E-state index is 0.158. The molecule has 0 radical (unpaired) electrons. The van der Waals surface area contributed by atoms with Crippen molar-refractivity contribution < 1.29 is 19.1 Å². The molecule has 2 N–H and O–H groups in total. The molecule has 0 spiro atoms. The number of likely N-dealkylation sites (tertiary alicyclic amines) is 1. The van der Waals surface area contributed by atoms with E-state index in [2.05, 4.69) is 27.5 Å². The number of thiazole rings is 1. The number of aromatic nitrogens is 2. The zero-order valence-electron chi connectivity index (χ0n) is 22.9. The van der Waals surface area contributed by atoms with Crippen LogP contribution < -0.4 is 10.6 Å². The summed E-state index contributed by atoms with van der Waals surface area (Å²) in [6.45, 7) is 4.51. The van der Waals surface area contributed by atoms with Crippen molar-refractivity contribution in [1.82, 2.24) is 19.6 Å². The number of ether oxygens (including phenoxy) is 1. The van der Waals surface area contributed by atoms with E-state index in [0.717, 1.165) is 10.4 Å². The third-order valence-electron chi connectivity index (χ3n) is 6.54. The Balaban J connectivity index is 1.27. The predicted octanol–water partition coefficient (Wildman–Crippen LogP) is 4.85. The number of fused-ring (bicyclic) bond motifs is 1. The lowest BCUT2D eigenvalue weighted by Crippen LogP contribution is -2.48. The number of nitrogens with zero attached hydrogens (tertiary/aromatic N) is 3. The lowest BCUT2D eigenvalue weighted by molar-refractivity contribution is -0.138. The van der Waals surface area contributed by atoms with Crippen molar-refractivity contribution in [1.29, 1.82) is 0 Å². The maximum atomic E-state index is 13.7. The summed E-state index contributed by atoms with van der Waals surface area (Å²) in [5.41, 5.74) is 1.55. The predicted molar refractivity (Wildman–Crippen MR) is 157 cm³/mol. The van der Waals surface area contributed by atoms with Crippen LogP contribution in [-0.2, 0) is 14.3 Å². The SMILES string of the molecule is CC(C)COC(=O)N[C@@H](C(=O)N1CCC[C@H]1C(=O)Nc1cn2cc(C#Cc3ccccc3)sc2n1)c1ccccc1. The van der Waals surface area contributed by atoms with Crippen molar-refractivity contribution in [2.24, 2.45) is 5.92 Å². The van der Waals surface area contributed by atoms with Gasteiger partial charge < -0.3 is 20.3 Å². The molecule has 2 aromatic carbocycles. The van der Waals surface area contributed by atoms with Gasteiger partial charge in [0.15, 0.2) is 10.8 Å². The Hall–Kier alpha value is -4.62. The van der Waals surface area contributed by atoms with Crippen LogP contribution in [0.4, 0.5) is 10.6 Å². The third-order valence-corrected chi connectivity index (χ3v) is 7.45. The number of nitrogens with one attached hydrogen (secondary N) is 2. The highest BCUT2D eigenvalue weighted by Crippen LogP contribution is 2.26. The summed E-state index contributed by atoms with van der Waals surface area (Å²) in [4.78, 5) is 47.2. The first-order valence-electron chi connectivity index (χ1n) is 13.5. The second-order valence-electron chi connectivity index (χ2n) is 10.2. The Kier molecular flexibility index (Phi) is 8.65. The molecular formula is C31H31N5O4S. The number of hydrogen-bond donors (Lipinski definition) is 2. The van der Waals surface area contributed by atoms with Crippen LogP contribution in [0.3, 0.4) is 0 Å². The minimum atomic E-state index is -0.974. The van der Waals surface area contributed by atoms with Gasteiger partial charge in [0, 0.05) is 18.3 Å². The Morgan fingerprint density at radius 2 is 1.78 bits per heavy atom. The quantitative estimate of drug-likeness (QED) is 0.310. The van der Waals surface area contributed by atoms with Crippen molar-refractivity contribution in [2.45, 2.75) is 38.8 Å². The highest BCUT2D eigenvalue weighted by atomic mass is 32.1. The summed E-state index contributed by atoms with van der Waals surface area (Å²) in [6, 6.07) is 17.1. The summed E-state index contributed by atoms with van der Waals surface area (Å²) in [5.74, 6) is 6.16. The van der Waals surface area contributed by atoms with E-state index in [0.29, 0.717) is 35.7 Å². The number of alkyl carbamates (subject to hydrolysis) is 1. The lowest BCUT2D eigenvalue weighted by Gasteiger charge is -2.28. The Labute approximate surface area is 242 Å². The summed E-state index contributed by atoms with van der Waals surface area (Å²) in [6.07, 6.45) is 4.12. The van der Waals surface area contributed by atoms with Crippen molar-refractivity contribution in [3.63, 3.8) is 0 Å². The molecule has 1 saturated heterocycles. The standard InChI is InChI=1S/C31H31N5O4S/c1-21(2)20-40-31(39)34-27(23-12-7-4-8-13-23)29(38)36-17-9-14-25(36)28(37)32-26-19-35-18-24(41-30(35)33-26)16-15-22-10-5-3-6-11-22/h3-8,10-13,18-19,21,25,27H,9,14,17,20H2,1-2H3,(H,32,37)(H,34,39)/t25-,27+/m0/s1. The van der Waals surface area contributed by atoms with Crippen LogP contribution in [0.5, 0.6) is 0 Å². The van der Waals surface area contributed by atoms with Crippen molar-refractivity contribution in [2.75, 3.05) is 18.5 Å². The van der Waals surface area contributed by atoms with E-state index in [9.17, 15) is 14.4 Å². The van der Waals surface area contributed by atoms with Crippen LogP contribution in [-0.4, -0.2) is 51.4 Å². The number of carbonyl (C=O) groups is 3. The van der Waals surface area contributed by atoms with Crippen molar-refractivity contribution in [3.8, 4) is 11.8 Å². The van der Waals surface area contributed by atoms with Crippen LogP contribution in [0, 0.1) is 17.8 Å². The number of amides is 3. The fourth-order valence-corrected chi connectivity index (χ4v) is 5.40. The maximum Gasteiger partial charge on any atom is 0.408 e. The van der Waals surface area contributed by atoms with Gasteiger partial charge >= 0.3 is 6.09 Å². The molecule has 2 aromatic heterocycles. The van der Waals surface area contributed by atoms with Crippen LogP contribution >= 0.6 is 11.3 Å². The molecule has 3 heterocycles. The van der Waals surface area contributed by atoms with E-state index in [-0.39, 0.29) is 24.3 Å².